The highest BCUT2D eigenvalue weighted by atomic mass is 19.4. The number of rotatable bonds is 5. The van der Waals surface area contributed by atoms with Gasteiger partial charge in [0.2, 0.25) is 5.82 Å². The molecule has 0 fully saturated rings. The van der Waals surface area contributed by atoms with E-state index in [-0.39, 0.29) is 23.0 Å². The normalized spacial score (nSPS) is 13.2. The smallest absolute Gasteiger partial charge is 0.425 e. The SMILES string of the molecule is CNc1nc(C)cnc1-c1noc(-c2ccc(OC(C)C(F)(F)F)c(C(F)(F)F)c2)n1. The zero-order valence-corrected chi connectivity index (χ0v) is 16.3. The van der Waals surface area contributed by atoms with Crippen molar-refractivity contribution in [2.75, 3.05) is 12.4 Å². The van der Waals surface area contributed by atoms with Gasteiger partial charge in [-0.05, 0) is 32.0 Å². The van der Waals surface area contributed by atoms with E-state index in [1.54, 1.807) is 14.0 Å². The molecule has 0 aliphatic heterocycles. The zero-order valence-electron chi connectivity index (χ0n) is 16.3. The Labute approximate surface area is 171 Å². The van der Waals surface area contributed by atoms with Crippen LogP contribution < -0.4 is 10.1 Å². The molecule has 1 aromatic carbocycles. The van der Waals surface area contributed by atoms with Crippen molar-refractivity contribution >= 4 is 5.82 Å². The summed E-state index contributed by atoms with van der Waals surface area (Å²) in [6.45, 7) is 2.32. The van der Waals surface area contributed by atoms with E-state index in [1.165, 1.54) is 6.20 Å². The summed E-state index contributed by atoms with van der Waals surface area (Å²) in [5.74, 6) is -0.970. The molecule has 31 heavy (non-hydrogen) atoms. The minimum absolute atomic E-state index is 0.0357. The van der Waals surface area contributed by atoms with Crippen molar-refractivity contribution in [1.82, 2.24) is 20.1 Å². The molecule has 2 heterocycles. The summed E-state index contributed by atoms with van der Waals surface area (Å²) < 4.78 is 88.0. The van der Waals surface area contributed by atoms with Gasteiger partial charge in [0.05, 0.1) is 11.3 Å². The topological polar surface area (TPSA) is 86.0 Å². The highest BCUT2D eigenvalue weighted by molar-refractivity contribution is 5.67. The second kappa shape index (κ2) is 8.04. The van der Waals surface area contributed by atoms with Crippen molar-refractivity contribution in [3.05, 3.63) is 35.7 Å². The molecule has 3 aromatic rings. The average Bonchev–Trinajstić information content (AvgIpc) is 3.16. The van der Waals surface area contributed by atoms with E-state index in [4.69, 9.17) is 4.52 Å². The molecule has 0 saturated carbocycles. The number of benzene rings is 1. The first-order valence-corrected chi connectivity index (χ1v) is 8.70. The van der Waals surface area contributed by atoms with Crippen LogP contribution in [0.2, 0.25) is 0 Å². The number of alkyl halides is 6. The summed E-state index contributed by atoms with van der Waals surface area (Å²) in [4.78, 5) is 12.4. The van der Waals surface area contributed by atoms with Crippen LogP contribution >= 0.6 is 0 Å². The van der Waals surface area contributed by atoms with E-state index in [0.29, 0.717) is 24.5 Å². The maximum Gasteiger partial charge on any atom is 0.425 e. The van der Waals surface area contributed by atoms with Crippen molar-refractivity contribution in [2.45, 2.75) is 32.3 Å². The second-order valence-electron chi connectivity index (χ2n) is 6.39. The Morgan fingerprint density at radius 1 is 1.10 bits per heavy atom. The Morgan fingerprint density at radius 3 is 2.42 bits per heavy atom. The Morgan fingerprint density at radius 2 is 1.81 bits per heavy atom. The summed E-state index contributed by atoms with van der Waals surface area (Å²) >= 11 is 0. The fourth-order valence-corrected chi connectivity index (χ4v) is 2.50. The van der Waals surface area contributed by atoms with Crippen LogP contribution in [-0.4, -0.2) is 39.4 Å². The first kappa shape index (κ1) is 22.3. The fraction of sp³-hybridized carbons (Fsp3) is 0.333. The number of hydrogen-bond acceptors (Lipinski definition) is 7. The molecule has 0 aliphatic rings. The maximum atomic E-state index is 13.4. The Bertz CT molecular complexity index is 1080. The molecule has 13 heteroatoms. The van der Waals surface area contributed by atoms with Gasteiger partial charge in [-0.3, -0.25) is 0 Å². The van der Waals surface area contributed by atoms with E-state index in [0.717, 1.165) is 12.1 Å². The van der Waals surface area contributed by atoms with E-state index < -0.39 is 29.8 Å². The first-order valence-electron chi connectivity index (χ1n) is 8.70. The van der Waals surface area contributed by atoms with Crippen molar-refractivity contribution in [2.24, 2.45) is 0 Å². The lowest BCUT2D eigenvalue weighted by atomic mass is 10.1. The van der Waals surface area contributed by atoms with Gasteiger partial charge in [-0.1, -0.05) is 5.16 Å². The molecule has 0 bridgehead atoms. The van der Waals surface area contributed by atoms with Crippen LogP contribution in [0.25, 0.3) is 23.0 Å². The fourth-order valence-electron chi connectivity index (χ4n) is 2.50. The number of anilines is 1. The minimum atomic E-state index is -4.98. The Kier molecular flexibility index (Phi) is 5.79. The molecule has 0 amide bonds. The lowest BCUT2D eigenvalue weighted by Crippen LogP contribution is -2.31. The first-order chi connectivity index (χ1) is 14.4. The minimum Gasteiger partial charge on any atom is -0.481 e. The van der Waals surface area contributed by atoms with E-state index in [9.17, 15) is 26.3 Å². The largest absolute Gasteiger partial charge is 0.481 e. The van der Waals surface area contributed by atoms with Crippen LogP contribution in [-0.2, 0) is 6.18 Å². The zero-order chi connectivity index (χ0) is 23.0. The Balaban J connectivity index is 1.99. The van der Waals surface area contributed by atoms with Crippen molar-refractivity contribution in [1.29, 1.82) is 0 Å². The summed E-state index contributed by atoms with van der Waals surface area (Å²) in [5.41, 5.74) is -0.760. The monoisotopic (exact) mass is 447 g/mol. The molecule has 0 radical (unpaired) electrons. The Hall–Kier alpha value is -3.38. The molecular formula is C18H15F6N5O2. The van der Waals surface area contributed by atoms with Crippen LogP contribution in [0.15, 0.2) is 28.9 Å². The van der Waals surface area contributed by atoms with Crippen LogP contribution in [0.3, 0.4) is 0 Å². The maximum absolute atomic E-state index is 13.4. The number of ether oxygens (including phenoxy) is 1. The lowest BCUT2D eigenvalue weighted by Gasteiger charge is -2.20. The van der Waals surface area contributed by atoms with Gasteiger partial charge in [-0.2, -0.15) is 31.3 Å². The van der Waals surface area contributed by atoms with Gasteiger partial charge in [0.1, 0.15) is 5.75 Å². The molecule has 2 aromatic heterocycles. The van der Waals surface area contributed by atoms with Gasteiger partial charge in [-0.25, -0.2) is 9.97 Å². The van der Waals surface area contributed by atoms with Gasteiger partial charge in [0, 0.05) is 18.8 Å². The quantitative estimate of drug-likeness (QED) is 0.558. The molecule has 3 rings (SSSR count). The van der Waals surface area contributed by atoms with Crippen LogP contribution in [0, 0.1) is 6.92 Å². The molecule has 1 N–H and O–H groups in total. The standard InChI is InChI=1S/C18H15F6N5O2/c1-8-7-26-13(14(25-3)27-8)15-28-16(31-29-15)10-4-5-12(11(6-10)18(22,23)24)30-9(2)17(19,20)21/h4-7,9H,1-3H3,(H,25,27). The molecule has 0 saturated heterocycles. The van der Waals surface area contributed by atoms with Crippen LogP contribution in [0.5, 0.6) is 5.75 Å². The van der Waals surface area contributed by atoms with Gasteiger partial charge in [0.15, 0.2) is 17.6 Å². The number of nitrogens with zero attached hydrogens (tertiary/aromatic N) is 4. The molecule has 7 nitrogen and oxygen atoms in total. The molecule has 0 spiro atoms. The third kappa shape index (κ3) is 4.86. The molecule has 1 atom stereocenters. The third-order valence-electron chi connectivity index (χ3n) is 4.06. The molecule has 1 unspecified atom stereocenters. The van der Waals surface area contributed by atoms with Crippen molar-refractivity contribution in [3.8, 4) is 28.7 Å². The number of aryl methyl sites for hydroxylation is 1. The third-order valence-corrected chi connectivity index (χ3v) is 4.06. The second-order valence-corrected chi connectivity index (χ2v) is 6.39. The van der Waals surface area contributed by atoms with Gasteiger partial charge < -0.3 is 14.6 Å². The van der Waals surface area contributed by atoms with E-state index in [2.05, 4.69) is 30.2 Å². The van der Waals surface area contributed by atoms with Gasteiger partial charge >= 0.3 is 12.4 Å². The lowest BCUT2D eigenvalue weighted by molar-refractivity contribution is -0.191. The molecule has 0 aliphatic carbocycles. The number of hydrogen-bond donors (Lipinski definition) is 1. The predicted octanol–water partition coefficient (Wildman–Crippen LogP) is 4.89. The average molecular weight is 447 g/mol. The highest BCUT2D eigenvalue weighted by Crippen LogP contribution is 2.40. The van der Waals surface area contributed by atoms with E-state index >= 15 is 0 Å². The summed E-state index contributed by atoms with van der Waals surface area (Å²) in [7, 11) is 1.59. The summed E-state index contributed by atoms with van der Waals surface area (Å²) in [6.07, 6.45) is -10.8. The predicted molar refractivity (Wildman–Crippen MR) is 96.2 cm³/mol. The van der Waals surface area contributed by atoms with E-state index in [1.807, 2.05) is 0 Å². The van der Waals surface area contributed by atoms with Crippen molar-refractivity contribution in [3.63, 3.8) is 0 Å². The van der Waals surface area contributed by atoms with Gasteiger partial charge in [-0.15, -0.1) is 0 Å². The summed E-state index contributed by atoms with van der Waals surface area (Å²) in [5, 5.41) is 6.50. The van der Waals surface area contributed by atoms with Crippen molar-refractivity contribution < 1.29 is 35.6 Å². The highest BCUT2D eigenvalue weighted by Gasteiger charge is 2.41. The molecule has 166 valence electrons. The molecular weight excluding hydrogens is 432 g/mol. The van der Waals surface area contributed by atoms with Gasteiger partial charge in [0.25, 0.3) is 5.89 Å². The summed E-state index contributed by atoms with van der Waals surface area (Å²) in [6, 6.07) is 2.44. The number of aromatic nitrogens is 4. The number of halogens is 6. The van der Waals surface area contributed by atoms with Crippen LogP contribution in [0.1, 0.15) is 18.2 Å². The van der Waals surface area contributed by atoms with Crippen LogP contribution in [0.4, 0.5) is 32.2 Å². The number of nitrogens with one attached hydrogen (secondary N) is 1.